The van der Waals surface area contributed by atoms with Crippen molar-refractivity contribution in [3.05, 3.63) is 29.3 Å². The number of nitrogens with two attached hydrogens (primary N) is 2. The number of phenolic OH excluding ortho intramolecular Hbond substituents is 1. The number of fused-ring (bicyclic) bond motifs is 3. The third kappa shape index (κ3) is 1.95. The van der Waals surface area contributed by atoms with Gasteiger partial charge in [-0.25, -0.2) is 0 Å². The molecule has 2 aliphatic carbocycles. The molecule has 0 aliphatic heterocycles. The van der Waals surface area contributed by atoms with Crippen molar-refractivity contribution in [2.24, 2.45) is 22.8 Å². The molecule has 1 fully saturated rings. The molecule has 3 nitrogen and oxygen atoms in total. The smallest absolute Gasteiger partial charge is 0.115 e. The minimum atomic E-state index is 0.278. The van der Waals surface area contributed by atoms with Crippen molar-refractivity contribution in [3.63, 3.8) is 0 Å². The lowest BCUT2D eigenvalue weighted by Crippen LogP contribution is -2.62. The number of hydrogen-bond acceptors (Lipinski definition) is 3. The van der Waals surface area contributed by atoms with Crippen LogP contribution in [0.1, 0.15) is 44.2 Å². The Bertz CT molecular complexity index is 488. The molecule has 0 radical (unpaired) electrons. The summed E-state index contributed by atoms with van der Waals surface area (Å²) in [5.74, 6) is 1.10. The molecule has 2 aliphatic rings. The zero-order valence-electron chi connectivity index (χ0n) is 12.9. The van der Waals surface area contributed by atoms with Gasteiger partial charge in [-0.2, -0.15) is 0 Å². The van der Waals surface area contributed by atoms with Crippen molar-refractivity contribution < 1.29 is 5.11 Å². The van der Waals surface area contributed by atoms with E-state index in [0.29, 0.717) is 17.1 Å². The van der Waals surface area contributed by atoms with Crippen molar-refractivity contribution in [1.29, 1.82) is 0 Å². The Morgan fingerprint density at radius 1 is 1.35 bits per heavy atom. The summed E-state index contributed by atoms with van der Waals surface area (Å²) < 4.78 is 0. The maximum Gasteiger partial charge on any atom is 0.115 e. The molecule has 3 heteroatoms. The van der Waals surface area contributed by atoms with Crippen LogP contribution in [0.5, 0.6) is 5.75 Å². The van der Waals surface area contributed by atoms with Gasteiger partial charge in [0.1, 0.15) is 5.75 Å². The summed E-state index contributed by atoms with van der Waals surface area (Å²) in [7, 11) is 1.50. The number of rotatable bonds is 2. The zero-order chi connectivity index (χ0) is 15.0. The van der Waals surface area contributed by atoms with Crippen molar-refractivity contribution >= 4 is 0 Å². The predicted molar refractivity (Wildman–Crippen MR) is 83.8 cm³/mol. The van der Waals surface area contributed by atoms with Crippen LogP contribution >= 0.6 is 0 Å². The molecule has 0 bridgehead atoms. The van der Waals surface area contributed by atoms with E-state index in [1.54, 1.807) is 0 Å². The van der Waals surface area contributed by atoms with E-state index < -0.39 is 0 Å². The summed E-state index contributed by atoms with van der Waals surface area (Å²) in [6.45, 7) is 5.40. The van der Waals surface area contributed by atoms with Gasteiger partial charge >= 0.3 is 0 Å². The number of hydrogen-bond donors (Lipinski definition) is 3. The molecule has 0 amide bonds. The molecule has 0 heterocycles. The Morgan fingerprint density at radius 2 is 2.05 bits per heavy atom. The van der Waals surface area contributed by atoms with Crippen LogP contribution in [0.2, 0.25) is 0 Å². The van der Waals surface area contributed by atoms with Crippen LogP contribution in [0.25, 0.3) is 0 Å². The van der Waals surface area contributed by atoms with Gasteiger partial charge in [-0.05, 0) is 79.3 Å². The second-order valence-corrected chi connectivity index (χ2v) is 6.48. The van der Waals surface area contributed by atoms with Crippen LogP contribution in [-0.4, -0.2) is 18.7 Å². The van der Waals surface area contributed by atoms with Gasteiger partial charge in [-0.1, -0.05) is 19.9 Å². The van der Waals surface area contributed by atoms with E-state index in [4.69, 9.17) is 5.73 Å². The van der Waals surface area contributed by atoms with Crippen LogP contribution in [0.3, 0.4) is 0 Å². The molecular formula is C17H28N2O. The molecule has 3 rings (SSSR count). The van der Waals surface area contributed by atoms with Gasteiger partial charge in [-0.15, -0.1) is 0 Å². The van der Waals surface area contributed by atoms with Gasteiger partial charge in [0.15, 0.2) is 0 Å². The Hall–Kier alpha value is -1.06. The predicted octanol–water partition coefficient (Wildman–Crippen LogP) is 2.55. The fraction of sp³-hybridized carbons (Fsp3) is 0.647. The highest BCUT2D eigenvalue weighted by molar-refractivity contribution is 5.46. The zero-order valence-corrected chi connectivity index (χ0v) is 12.9. The van der Waals surface area contributed by atoms with Crippen LogP contribution in [-0.2, 0) is 11.8 Å². The van der Waals surface area contributed by atoms with Crippen LogP contribution in [0, 0.1) is 11.3 Å². The minimum Gasteiger partial charge on any atom is -0.508 e. The molecule has 3 atom stereocenters. The lowest BCUT2D eigenvalue weighted by Gasteiger charge is -2.64. The Labute approximate surface area is 122 Å². The fourth-order valence-corrected chi connectivity index (χ4v) is 4.73. The molecule has 2 unspecified atom stereocenters. The van der Waals surface area contributed by atoms with Crippen molar-refractivity contribution in [1.82, 2.24) is 0 Å². The highest BCUT2D eigenvalue weighted by Gasteiger charge is 2.61. The van der Waals surface area contributed by atoms with Gasteiger partial charge in [0, 0.05) is 0 Å². The molecule has 0 aromatic heterocycles. The molecule has 1 aromatic carbocycles. The first-order valence-corrected chi connectivity index (χ1v) is 7.66. The standard InChI is InChI=1S/C16H23NO.CH5N/c1-3-16-9-15(2,10-17)14(16)7-5-11-4-6-12(18)8-13(11)16;1-2/h4,6,8,14,18H,3,5,7,9-10,17H2,1-2H3;2H2,1H3/t14?,15?,16-;/m1./s1. The molecule has 0 spiro atoms. The molecule has 112 valence electrons. The number of aryl methyl sites for hydroxylation is 1. The summed E-state index contributed by atoms with van der Waals surface area (Å²) in [6, 6.07) is 5.93. The monoisotopic (exact) mass is 276 g/mol. The second kappa shape index (κ2) is 5.38. The lowest BCUT2D eigenvalue weighted by molar-refractivity contribution is -0.0672. The van der Waals surface area contributed by atoms with E-state index in [9.17, 15) is 5.11 Å². The van der Waals surface area contributed by atoms with Crippen molar-refractivity contribution in [3.8, 4) is 5.75 Å². The van der Waals surface area contributed by atoms with Crippen LogP contribution < -0.4 is 11.5 Å². The van der Waals surface area contributed by atoms with E-state index >= 15 is 0 Å². The maximum absolute atomic E-state index is 9.79. The molecule has 0 saturated heterocycles. The molecule has 20 heavy (non-hydrogen) atoms. The Kier molecular flexibility index (Phi) is 4.12. The Morgan fingerprint density at radius 3 is 2.65 bits per heavy atom. The van der Waals surface area contributed by atoms with Crippen molar-refractivity contribution in [2.75, 3.05) is 13.6 Å². The SMILES string of the molecule is CC[C@]12CC(C)(CN)C1CCc1ccc(O)cc12.CN. The first-order valence-electron chi connectivity index (χ1n) is 7.66. The fourth-order valence-electron chi connectivity index (χ4n) is 4.73. The van der Waals surface area contributed by atoms with E-state index in [2.05, 4.69) is 25.6 Å². The quantitative estimate of drug-likeness (QED) is 0.777. The number of phenols is 1. The molecule has 5 N–H and O–H groups in total. The third-order valence-corrected chi connectivity index (χ3v) is 5.66. The largest absolute Gasteiger partial charge is 0.508 e. The van der Waals surface area contributed by atoms with Crippen LogP contribution in [0.15, 0.2) is 18.2 Å². The van der Waals surface area contributed by atoms with Gasteiger partial charge in [0.05, 0.1) is 0 Å². The second-order valence-electron chi connectivity index (χ2n) is 6.48. The van der Waals surface area contributed by atoms with E-state index in [1.165, 1.54) is 31.0 Å². The highest BCUT2D eigenvalue weighted by atomic mass is 16.3. The number of aromatic hydroxyl groups is 1. The summed E-state index contributed by atoms with van der Waals surface area (Å²) in [5, 5.41) is 9.79. The summed E-state index contributed by atoms with van der Waals surface area (Å²) in [4.78, 5) is 0. The molecular weight excluding hydrogens is 248 g/mol. The number of benzene rings is 1. The molecule has 1 saturated carbocycles. The normalized spacial score (nSPS) is 34.1. The van der Waals surface area contributed by atoms with Crippen LogP contribution in [0.4, 0.5) is 0 Å². The minimum absolute atomic E-state index is 0.278. The van der Waals surface area contributed by atoms with Gasteiger partial charge in [0.25, 0.3) is 0 Å². The lowest BCUT2D eigenvalue weighted by atomic mass is 9.40. The van der Waals surface area contributed by atoms with Gasteiger partial charge < -0.3 is 16.6 Å². The topological polar surface area (TPSA) is 72.3 Å². The average Bonchev–Trinajstić information content (AvgIpc) is 2.47. The summed E-state index contributed by atoms with van der Waals surface area (Å²) >= 11 is 0. The molecule has 1 aromatic rings. The summed E-state index contributed by atoms with van der Waals surface area (Å²) in [5.41, 5.74) is 13.9. The Balaban J connectivity index is 0.000000704. The first kappa shape index (κ1) is 15.3. The maximum atomic E-state index is 9.79. The van der Waals surface area contributed by atoms with E-state index in [-0.39, 0.29) is 5.41 Å². The van der Waals surface area contributed by atoms with Gasteiger partial charge in [0.2, 0.25) is 0 Å². The first-order chi connectivity index (χ1) is 9.55. The van der Waals surface area contributed by atoms with E-state index in [1.807, 2.05) is 12.1 Å². The average molecular weight is 276 g/mol. The van der Waals surface area contributed by atoms with Crippen molar-refractivity contribution in [2.45, 2.75) is 44.9 Å². The van der Waals surface area contributed by atoms with E-state index in [0.717, 1.165) is 19.4 Å². The van der Waals surface area contributed by atoms with Gasteiger partial charge in [-0.3, -0.25) is 0 Å². The third-order valence-electron chi connectivity index (χ3n) is 5.66. The summed E-state index contributed by atoms with van der Waals surface area (Å²) in [6.07, 6.45) is 4.72. The highest BCUT2D eigenvalue weighted by Crippen LogP contribution is 2.65.